The van der Waals surface area contributed by atoms with Crippen molar-refractivity contribution in [3.8, 4) is 0 Å². The normalized spacial score (nSPS) is 9.83. The second-order valence-electron chi connectivity index (χ2n) is 2.84. The molecule has 0 aromatic heterocycles. The predicted molar refractivity (Wildman–Crippen MR) is 53.4 cm³/mol. The molecule has 0 heterocycles. The maximum absolute atomic E-state index is 5.27. The fourth-order valence-electron chi connectivity index (χ4n) is 0.568. The van der Waals surface area contributed by atoms with Crippen LogP contribution in [0.15, 0.2) is 13.2 Å². The summed E-state index contributed by atoms with van der Waals surface area (Å²) in [6.07, 6.45) is 0.631. The first kappa shape index (κ1) is 14.2. The minimum absolute atomic E-state index is 0.316. The smallest absolute Gasteiger partial charge is 0.0704 e. The maximum Gasteiger partial charge on any atom is 0.0704 e. The molecule has 0 spiro atoms. The molecule has 0 saturated carbocycles. The van der Waals surface area contributed by atoms with Crippen LogP contribution in [-0.2, 0) is 9.47 Å². The third kappa shape index (κ3) is 16.3. The largest absolute Gasteiger partial charge is 0.376 e. The molecule has 0 aliphatic heterocycles. The van der Waals surface area contributed by atoms with Crippen LogP contribution in [0.1, 0.15) is 27.7 Å². The number of rotatable bonds is 5. The van der Waals surface area contributed by atoms with Gasteiger partial charge in [-0.1, -0.05) is 0 Å². The molecular formula is C10H22O2. The summed E-state index contributed by atoms with van der Waals surface area (Å²) in [6.45, 7) is 15.5. The third-order valence-electron chi connectivity index (χ3n) is 0.986. The minimum atomic E-state index is 0.316. The summed E-state index contributed by atoms with van der Waals surface area (Å²) in [5, 5.41) is 0. The van der Waals surface area contributed by atoms with Crippen molar-refractivity contribution in [2.24, 2.45) is 0 Å². The Morgan fingerprint density at radius 1 is 0.833 bits per heavy atom. The van der Waals surface area contributed by atoms with Crippen molar-refractivity contribution in [1.29, 1.82) is 0 Å². The average Bonchev–Trinajstić information content (AvgIpc) is 2.02. The highest BCUT2D eigenvalue weighted by Crippen LogP contribution is 1.90. The molecule has 0 aromatic carbocycles. The highest BCUT2D eigenvalue weighted by molar-refractivity contribution is 4.39. The van der Waals surface area contributed by atoms with E-state index in [9.17, 15) is 0 Å². The molecule has 74 valence electrons. The Labute approximate surface area is 76.6 Å². The first-order valence-corrected chi connectivity index (χ1v) is 4.36. The zero-order valence-corrected chi connectivity index (χ0v) is 8.80. The van der Waals surface area contributed by atoms with Crippen LogP contribution >= 0.6 is 0 Å². The van der Waals surface area contributed by atoms with E-state index in [0.29, 0.717) is 25.4 Å². The molecule has 0 radical (unpaired) electrons. The van der Waals surface area contributed by atoms with Gasteiger partial charge in [0, 0.05) is 0 Å². The van der Waals surface area contributed by atoms with E-state index in [1.165, 1.54) is 0 Å². The molecule has 0 rings (SSSR count). The average molecular weight is 174 g/mol. The first-order chi connectivity index (χ1) is 5.63. The van der Waals surface area contributed by atoms with Crippen molar-refractivity contribution in [2.75, 3.05) is 13.2 Å². The van der Waals surface area contributed by atoms with Gasteiger partial charge in [-0.05, 0) is 27.7 Å². The molecule has 2 nitrogen and oxygen atoms in total. The highest BCUT2D eigenvalue weighted by atomic mass is 16.5. The van der Waals surface area contributed by atoms with Gasteiger partial charge in [-0.15, -0.1) is 13.2 Å². The van der Waals surface area contributed by atoms with E-state index >= 15 is 0 Å². The zero-order chi connectivity index (χ0) is 9.98. The summed E-state index contributed by atoms with van der Waals surface area (Å²) < 4.78 is 10.5. The van der Waals surface area contributed by atoms with Gasteiger partial charge in [-0.3, -0.25) is 0 Å². The molecule has 0 N–H and O–H groups in total. The second-order valence-corrected chi connectivity index (χ2v) is 2.84. The fraction of sp³-hybridized carbons (Fsp3) is 0.800. The lowest BCUT2D eigenvalue weighted by atomic mass is 10.5. The van der Waals surface area contributed by atoms with E-state index in [1.807, 2.05) is 27.7 Å². The van der Waals surface area contributed by atoms with Gasteiger partial charge in [-0.2, -0.15) is 0 Å². The molecule has 0 aliphatic rings. The Hall–Kier alpha value is -0.340. The maximum atomic E-state index is 5.27. The van der Waals surface area contributed by atoms with Crippen LogP contribution in [0.25, 0.3) is 0 Å². The van der Waals surface area contributed by atoms with Gasteiger partial charge in [0.15, 0.2) is 0 Å². The van der Waals surface area contributed by atoms with Crippen molar-refractivity contribution < 1.29 is 9.47 Å². The van der Waals surface area contributed by atoms with Crippen molar-refractivity contribution in [1.82, 2.24) is 0 Å². The lowest BCUT2D eigenvalue weighted by Gasteiger charge is -2.09. The highest BCUT2D eigenvalue weighted by Gasteiger charge is 1.94. The van der Waals surface area contributed by atoms with E-state index in [1.54, 1.807) is 0 Å². The van der Waals surface area contributed by atoms with Gasteiger partial charge in [0.2, 0.25) is 0 Å². The molecule has 0 aromatic rings. The van der Waals surface area contributed by atoms with Gasteiger partial charge in [-0.25, -0.2) is 0 Å². The molecule has 0 saturated heterocycles. The molecular weight excluding hydrogens is 152 g/mol. The predicted octanol–water partition coefficient (Wildman–Crippen LogP) is 2.64. The molecule has 12 heavy (non-hydrogen) atoms. The number of ether oxygens (including phenoxy) is 2. The zero-order valence-electron chi connectivity index (χ0n) is 8.80. The van der Waals surface area contributed by atoms with Crippen LogP contribution in [0.3, 0.4) is 0 Å². The van der Waals surface area contributed by atoms with Crippen molar-refractivity contribution in [3.63, 3.8) is 0 Å². The summed E-state index contributed by atoms with van der Waals surface area (Å²) >= 11 is 0. The first-order valence-electron chi connectivity index (χ1n) is 4.36. The van der Waals surface area contributed by atoms with E-state index in [-0.39, 0.29) is 0 Å². The molecule has 0 amide bonds. The summed E-state index contributed by atoms with van der Waals surface area (Å²) in [6, 6.07) is 0. The van der Waals surface area contributed by atoms with Crippen molar-refractivity contribution in [2.45, 2.75) is 39.9 Å². The van der Waals surface area contributed by atoms with Crippen molar-refractivity contribution >= 4 is 0 Å². The van der Waals surface area contributed by atoms with Gasteiger partial charge in [0.05, 0.1) is 25.4 Å². The Balaban J connectivity index is 0. The topological polar surface area (TPSA) is 18.5 Å². The molecule has 0 atom stereocenters. The van der Waals surface area contributed by atoms with E-state index in [0.717, 1.165) is 0 Å². The Bertz CT molecular complexity index is 69.9. The van der Waals surface area contributed by atoms with Crippen LogP contribution < -0.4 is 0 Å². The van der Waals surface area contributed by atoms with Gasteiger partial charge in [0.25, 0.3) is 0 Å². The summed E-state index contributed by atoms with van der Waals surface area (Å²) in [5.74, 6) is 0. The van der Waals surface area contributed by atoms with Crippen LogP contribution in [0.4, 0.5) is 0 Å². The number of hydrogen-bond acceptors (Lipinski definition) is 2. The summed E-state index contributed by atoms with van der Waals surface area (Å²) in [4.78, 5) is 0. The molecule has 0 fully saturated rings. The fourth-order valence-corrected chi connectivity index (χ4v) is 0.568. The Morgan fingerprint density at radius 3 is 1.25 bits per heavy atom. The van der Waals surface area contributed by atoms with Crippen LogP contribution in [0.5, 0.6) is 0 Å². The monoisotopic (exact) mass is 174 g/mol. The molecule has 0 aliphatic carbocycles. The Morgan fingerprint density at radius 2 is 1.08 bits per heavy atom. The summed E-state index contributed by atoms with van der Waals surface area (Å²) in [7, 11) is 0. The SMILES string of the molecule is C=C.CC(C)OCCOC(C)C. The minimum Gasteiger partial charge on any atom is -0.376 e. The standard InChI is InChI=1S/C8H18O2.C2H4/c1-7(2)9-5-6-10-8(3)4;1-2/h7-8H,5-6H2,1-4H3;1-2H2. The quantitative estimate of drug-likeness (QED) is 0.471. The summed E-state index contributed by atoms with van der Waals surface area (Å²) in [5.41, 5.74) is 0. The number of hydrogen-bond donors (Lipinski definition) is 0. The lowest BCUT2D eigenvalue weighted by molar-refractivity contribution is -0.00108. The second kappa shape index (κ2) is 10.7. The molecule has 0 bridgehead atoms. The van der Waals surface area contributed by atoms with Crippen molar-refractivity contribution in [3.05, 3.63) is 13.2 Å². The third-order valence-corrected chi connectivity index (χ3v) is 0.986. The van der Waals surface area contributed by atoms with E-state index < -0.39 is 0 Å². The van der Waals surface area contributed by atoms with Crippen LogP contribution in [0, 0.1) is 0 Å². The van der Waals surface area contributed by atoms with Gasteiger partial charge < -0.3 is 9.47 Å². The molecule has 2 heteroatoms. The van der Waals surface area contributed by atoms with Crippen LogP contribution in [-0.4, -0.2) is 25.4 Å². The molecule has 0 unspecified atom stereocenters. The van der Waals surface area contributed by atoms with Crippen LogP contribution in [0.2, 0.25) is 0 Å². The van der Waals surface area contributed by atoms with Gasteiger partial charge >= 0.3 is 0 Å². The lowest BCUT2D eigenvalue weighted by Crippen LogP contribution is -2.12. The van der Waals surface area contributed by atoms with Gasteiger partial charge in [0.1, 0.15) is 0 Å². The van der Waals surface area contributed by atoms with E-state index in [2.05, 4.69) is 13.2 Å². The van der Waals surface area contributed by atoms with E-state index in [4.69, 9.17) is 9.47 Å². The Kier molecular flexibility index (Phi) is 12.6.